The van der Waals surface area contributed by atoms with Crippen molar-refractivity contribution in [2.75, 3.05) is 17.2 Å². The molecule has 0 radical (unpaired) electrons. The monoisotopic (exact) mass is 342 g/mol. The third-order valence-electron chi connectivity index (χ3n) is 3.26. The number of phenolic OH excluding ortho intramolecular Hbond substituents is 1. The van der Waals surface area contributed by atoms with Crippen molar-refractivity contribution in [2.24, 2.45) is 0 Å². The van der Waals surface area contributed by atoms with Gasteiger partial charge >= 0.3 is 17.8 Å². The van der Waals surface area contributed by atoms with Gasteiger partial charge in [-0.3, -0.25) is 9.59 Å². The molecule has 2 aromatic rings. The van der Waals surface area contributed by atoms with E-state index in [4.69, 9.17) is 4.74 Å². The Kier molecular flexibility index (Phi) is 5.73. The van der Waals surface area contributed by atoms with Crippen LogP contribution in [-0.4, -0.2) is 29.5 Å². The highest BCUT2D eigenvalue weighted by molar-refractivity contribution is 6.43. The molecule has 7 nitrogen and oxygen atoms in total. The number of benzene rings is 2. The van der Waals surface area contributed by atoms with Crippen LogP contribution in [-0.2, 0) is 14.3 Å². The summed E-state index contributed by atoms with van der Waals surface area (Å²) in [5, 5.41) is 14.4. The summed E-state index contributed by atoms with van der Waals surface area (Å²) in [5.41, 5.74) is 1.66. The van der Waals surface area contributed by atoms with Gasteiger partial charge in [0, 0.05) is 5.69 Å². The molecule has 130 valence electrons. The molecule has 0 aliphatic heterocycles. The molecule has 3 N–H and O–H groups in total. The molecular formula is C18H18N2O5. The van der Waals surface area contributed by atoms with Gasteiger partial charge in [0.05, 0.1) is 17.9 Å². The van der Waals surface area contributed by atoms with Gasteiger partial charge in [0.25, 0.3) is 0 Å². The summed E-state index contributed by atoms with van der Waals surface area (Å²) >= 11 is 0. The van der Waals surface area contributed by atoms with Crippen molar-refractivity contribution in [1.29, 1.82) is 0 Å². The molecule has 0 heterocycles. The normalized spacial score (nSPS) is 10.0. The Bertz CT molecular complexity index is 800. The largest absolute Gasteiger partial charge is 0.506 e. The number of carbonyl (C=O) groups is 3. The van der Waals surface area contributed by atoms with Gasteiger partial charge in [-0.05, 0) is 55.8 Å². The van der Waals surface area contributed by atoms with Crippen LogP contribution in [0.25, 0.3) is 0 Å². The standard InChI is InChI=1S/C18H18N2O5/c1-3-25-18(24)12-5-7-13(8-6-12)19-16(22)17(23)20-14-10-11(2)4-9-15(14)21/h4-10,21H,3H2,1-2H3,(H,19,22)(H,20,23). The molecule has 0 saturated heterocycles. The average Bonchev–Trinajstić information content (AvgIpc) is 2.59. The lowest BCUT2D eigenvalue weighted by Gasteiger charge is -2.09. The molecule has 0 atom stereocenters. The van der Waals surface area contributed by atoms with Gasteiger partial charge < -0.3 is 20.5 Å². The Morgan fingerprint density at radius 3 is 2.28 bits per heavy atom. The second kappa shape index (κ2) is 7.96. The first-order valence-corrected chi connectivity index (χ1v) is 7.60. The van der Waals surface area contributed by atoms with Crippen LogP contribution in [0.3, 0.4) is 0 Å². The van der Waals surface area contributed by atoms with Gasteiger partial charge in [0.2, 0.25) is 0 Å². The van der Waals surface area contributed by atoms with Gasteiger partial charge in [0.1, 0.15) is 5.75 Å². The molecule has 2 aromatic carbocycles. The number of ether oxygens (including phenoxy) is 1. The highest BCUT2D eigenvalue weighted by Crippen LogP contribution is 2.23. The number of carbonyl (C=O) groups excluding carboxylic acids is 3. The summed E-state index contributed by atoms with van der Waals surface area (Å²) in [7, 11) is 0. The highest BCUT2D eigenvalue weighted by atomic mass is 16.5. The maximum absolute atomic E-state index is 11.9. The molecule has 0 spiro atoms. The van der Waals surface area contributed by atoms with Gasteiger partial charge in [-0.2, -0.15) is 0 Å². The van der Waals surface area contributed by atoms with E-state index >= 15 is 0 Å². The molecule has 0 saturated carbocycles. The molecule has 0 bridgehead atoms. The maximum atomic E-state index is 11.9. The minimum Gasteiger partial charge on any atom is -0.506 e. The number of amides is 2. The van der Waals surface area contributed by atoms with Crippen LogP contribution in [0.2, 0.25) is 0 Å². The summed E-state index contributed by atoms with van der Waals surface area (Å²) in [6.45, 7) is 3.76. The lowest BCUT2D eigenvalue weighted by Crippen LogP contribution is -2.29. The zero-order valence-corrected chi connectivity index (χ0v) is 13.8. The fourth-order valence-corrected chi connectivity index (χ4v) is 2.02. The summed E-state index contributed by atoms with van der Waals surface area (Å²) < 4.78 is 4.86. The van der Waals surface area contributed by atoms with Gasteiger partial charge in [-0.25, -0.2) is 4.79 Å². The molecule has 0 aliphatic carbocycles. The number of rotatable bonds is 4. The van der Waals surface area contributed by atoms with Crippen molar-refractivity contribution in [1.82, 2.24) is 0 Å². The smallest absolute Gasteiger partial charge is 0.338 e. The van der Waals surface area contributed by atoms with E-state index in [0.717, 1.165) is 5.56 Å². The predicted molar refractivity (Wildman–Crippen MR) is 92.5 cm³/mol. The second-order valence-corrected chi connectivity index (χ2v) is 5.23. The zero-order valence-electron chi connectivity index (χ0n) is 13.8. The van der Waals surface area contributed by atoms with Crippen molar-refractivity contribution in [3.05, 3.63) is 53.6 Å². The molecule has 7 heteroatoms. The topological polar surface area (TPSA) is 105 Å². The first-order valence-electron chi connectivity index (χ1n) is 7.60. The molecule has 25 heavy (non-hydrogen) atoms. The molecular weight excluding hydrogens is 324 g/mol. The van der Waals surface area contributed by atoms with Crippen LogP contribution < -0.4 is 10.6 Å². The van der Waals surface area contributed by atoms with Gasteiger partial charge in [-0.1, -0.05) is 6.07 Å². The third-order valence-corrected chi connectivity index (χ3v) is 3.26. The number of hydrogen-bond donors (Lipinski definition) is 3. The highest BCUT2D eigenvalue weighted by Gasteiger charge is 2.16. The van der Waals surface area contributed by atoms with E-state index in [1.807, 2.05) is 0 Å². The third kappa shape index (κ3) is 4.81. The molecule has 0 aromatic heterocycles. The minimum atomic E-state index is -0.921. The summed E-state index contributed by atoms with van der Waals surface area (Å²) in [4.78, 5) is 35.4. The first kappa shape index (κ1) is 18.0. The Morgan fingerprint density at radius 2 is 1.64 bits per heavy atom. The Morgan fingerprint density at radius 1 is 1.00 bits per heavy atom. The van der Waals surface area contributed by atoms with Crippen LogP contribution >= 0.6 is 0 Å². The Labute approximate surface area is 144 Å². The number of anilines is 2. The number of aromatic hydroxyl groups is 1. The quantitative estimate of drug-likeness (QED) is 0.450. The van der Waals surface area contributed by atoms with E-state index in [0.29, 0.717) is 11.3 Å². The average molecular weight is 342 g/mol. The van der Waals surface area contributed by atoms with Crippen LogP contribution in [0.5, 0.6) is 5.75 Å². The lowest BCUT2D eigenvalue weighted by molar-refractivity contribution is -0.133. The van der Waals surface area contributed by atoms with Crippen molar-refractivity contribution in [3.63, 3.8) is 0 Å². The van der Waals surface area contributed by atoms with E-state index in [-0.39, 0.29) is 18.0 Å². The van der Waals surface area contributed by atoms with Crippen molar-refractivity contribution >= 4 is 29.2 Å². The molecule has 0 unspecified atom stereocenters. The van der Waals surface area contributed by atoms with E-state index in [1.165, 1.54) is 30.3 Å². The Balaban J connectivity index is 2.00. The fourth-order valence-electron chi connectivity index (χ4n) is 2.02. The summed E-state index contributed by atoms with van der Waals surface area (Å²) in [6.07, 6.45) is 0. The van der Waals surface area contributed by atoms with E-state index < -0.39 is 17.8 Å². The number of aryl methyl sites for hydroxylation is 1. The molecule has 0 aliphatic rings. The zero-order chi connectivity index (χ0) is 18.4. The minimum absolute atomic E-state index is 0.134. The SMILES string of the molecule is CCOC(=O)c1ccc(NC(=O)C(=O)Nc2cc(C)ccc2O)cc1. The van der Waals surface area contributed by atoms with E-state index in [2.05, 4.69) is 10.6 Å². The van der Waals surface area contributed by atoms with E-state index in [9.17, 15) is 19.5 Å². The van der Waals surface area contributed by atoms with Crippen molar-refractivity contribution in [2.45, 2.75) is 13.8 Å². The van der Waals surface area contributed by atoms with E-state index in [1.54, 1.807) is 26.0 Å². The number of hydrogen-bond acceptors (Lipinski definition) is 5. The maximum Gasteiger partial charge on any atom is 0.338 e. The summed E-state index contributed by atoms with van der Waals surface area (Å²) in [5.74, 6) is -2.42. The number of nitrogens with one attached hydrogen (secondary N) is 2. The van der Waals surface area contributed by atoms with Crippen LogP contribution in [0.4, 0.5) is 11.4 Å². The van der Waals surface area contributed by atoms with Crippen molar-refractivity contribution in [3.8, 4) is 5.75 Å². The van der Waals surface area contributed by atoms with Gasteiger partial charge in [0.15, 0.2) is 0 Å². The number of phenols is 1. The van der Waals surface area contributed by atoms with Crippen LogP contribution in [0, 0.1) is 6.92 Å². The molecule has 2 amide bonds. The molecule has 2 rings (SSSR count). The Hall–Kier alpha value is -3.35. The second-order valence-electron chi connectivity index (χ2n) is 5.23. The van der Waals surface area contributed by atoms with Crippen LogP contribution in [0.15, 0.2) is 42.5 Å². The van der Waals surface area contributed by atoms with Crippen molar-refractivity contribution < 1.29 is 24.2 Å². The first-order chi connectivity index (χ1) is 11.9. The van der Waals surface area contributed by atoms with Crippen LogP contribution in [0.1, 0.15) is 22.8 Å². The fraction of sp³-hybridized carbons (Fsp3) is 0.167. The number of esters is 1. The van der Waals surface area contributed by atoms with Gasteiger partial charge in [-0.15, -0.1) is 0 Å². The lowest BCUT2D eigenvalue weighted by atomic mass is 10.2. The molecule has 0 fully saturated rings. The summed E-state index contributed by atoms with van der Waals surface area (Å²) in [6, 6.07) is 10.6. The predicted octanol–water partition coefficient (Wildman–Crippen LogP) is 2.45.